The van der Waals surface area contributed by atoms with Crippen LogP contribution in [-0.4, -0.2) is 10.9 Å². The molecule has 2 aromatic rings. The molecule has 150 valence electrons. The van der Waals surface area contributed by atoms with E-state index in [4.69, 9.17) is 11.6 Å². The molecule has 2 bridgehead atoms. The summed E-state index contributed by atoms with van der Waals surface area (Å²) in [5.74, 6) is 0.797. The SMILES string of the molecule is CCc1ccc(-c2ccc(Cl)cc2)cc1C1=C(O)[C@@H](C)[C@@H]2C=C[C@@H](CC2)CC1=O. The maximum atomic E-state index is 13.4. The van der Waals surface area contributed by atoms with Crippen LogP contribution >= 0.6 is 11.6 Å². The smallest absolute Gasteiger partial charge is 0.167 e. The fraction of sp³-hybridized carbons (Fsp3) is 0.346. The van der Waals surface area contributed by atoms with E-state index in [-0.39, 0.29) is 29.3 Å². The van der Waals surface area contributed by atoms with E-state index < -0.39 is 0 Å². The first-order valence-corrected chi connectivity index (χ1v) is 10.9. The topological polar surface area (TPSA) is 37.3 Å². The van der Waals surface area contributed by atoms with Crippen LogP contribution in [0.15, 0.2) is 60.4 Å². The van der Waals surface area contributed by atoms with Crippen LogP contribution in [0, 0.1) is 17.8 Å². The molecule has 1 N–H and O–H groups in total. The van der Waals surface area contributed by atoms with Crippen LogP contribution in [0.2, 0.25) is 5.02 Å². The van der Waals surface area contributed by atoms with Crippen LogP contribution in [0.1, 0.15) is 44.2 Å². The Bertz CT molecular complexity index is 984. The summed E-state index contributed by atoms with van der Waals surface area (Å²) in [5, 5.41) is 11.9. The second kappa shape index (κ2) is 8.20. The van der Waals surface area contributed by atoms with Gasteiger partial charge in [-0.1, -0.05) is 61.9 Å². The fourth-order valence-electron chi connectivity index (χ4n) is 4.63. The molecule has 0 unspecified atom stereocenters. The summed E-state index contributed by atoms with van der Waals surface area (Å²) >= 11 is 6.05. The van der Waals surface area contributed by atoms with E-state index >= 15 is 0 Å². The molecular weight excluding hydrogens is 380 g/mol. The van der Waals surface area contributed by atoms with Gasteiger partial charge in [-0.25, -0.2) is 0 Å². The Hall–Kier alpha value is -2.32. The number of hydrogen-bond acceptors (Lipinski definition) is 2. The number of carbonyl (C=O) groups is 1. The van der Waals surface area contributed by atoms with E-state index in [1.807, 2.05) is 31.2 Å². The molecule has 0 heterocycles. The molecule has 0 saturated heterocycles. The minimum atomic E-state index is -0.0619. The lowest BCUT2D eigenvalue weighted by Gasteiger charge is -2.25. The molecule has 0 aliphatic heterocycles. The van der Waals surface area contributed by atoms with Gasteiger partial charge in [-0.3, -0.25) is 4.79 Å². The van der Waals surface area contributed by atoms with Crippen molar-refractivity contribution in [3.8, 4) is 11.1 Å². The maximum absolute atomic E-state index is 13.4. The third-order valence-corrected chi connectivity index (χ3v) is 6.75. The molecule has 0 spiro atoms. The second-order valence-electron chi connectivity index (χ2n) is 8.29. The molecule has 0 saturated carbocycles. The van der Waals surface area contributed by atoms with Crippen LogP contribution in [0.3, 0.4) is 0 Å². The number of aryl methyl sites for hydroxylation is 1. The van der Waals surface area contributed by atoms with Gasteiger partial charge in [-0.2, -0.15) is 0 Å². The largest absolute Gasteiger partial charge is 0.511 e. The second-order valence-corrected chi connectivity index (χ2v) is 8.73. The van der Waals surface area contributed by atoms with E-state index in [0.29, 0.717) is 17.0 Å². The summed E-state index contributed by atoms with van der Waals surface area (Å²) in [4.78, 5) is 13.4. The predicted octanol–water partition coefficient (Wildman–Crippen LogP) is 7.03. The van der Waals surface area contributed by atoms with Crippen LogP contribution in [-0.2, 0) is 11.2 Å². The number of ketones is 1. The number of hydrogen-bond donors (Lipinski definition) is 1. The summed E-state index contributed by atoms with van der Waals surface area (Å²) in [7, 11) is 0. The van der Waals surface area contributed by atoms with Gasteiger partial charge in [0.05, 0.1) is 5.57 Å². The highest BCUT2D eigenvalue weighted by Gasteiger charge is 2.32. The van der Waals surface area contributed by atoms with Crippen molar-refractivity contribution in [2.24, 2.45) is 17.8 Å². The van der Waals surface area contributed by atoms with Crippen LogP contribution < -0.4 is 0 Å². The summed E-state index contributed by atoms with van der Waals surface area (Å²) in [6.45, 7) is 4.13. The van der Waals surface area contributed by atoms with Crippen molar-refractivity contribution in [3.63, 3.8) is 0 Å². The minimum Gasteiger partial charge on any atom is -0.511 e. The highest BCUT2D eigenvalue weighted by molar-refractivity contribution is 6.30. The van der Waals surface area contributed by atoms with Gasteiger partial charge in [0.2, 0.25) is 0 Å². The number of halogens is 1. The molecule has 3 aliphatic carbocycles. The molecule has 2 aromatic carbocycles. The Morgan fingerprint density at radius 1 is 1.03 bits per heavy atom. The monoisotopic (exact) mass is 406 g/mol. The summed E-state index contributed by atoms with van der Waals surface area (Å²) in [6.07, 6.45) is 7.70. The lowest BCUT2D eigenvalue weighted by molar-refractivity contribution is -0.114. The average Bonchev–Trinajstić information content (AvgIpc) is 2.80. The first kappa shape index (κ1) is 20.0. The zero-order chi connectivity index (χ0) is 20.5. The summed E-state index contributed by atoms with van der Waals surface area (Å²) in [5.41, 5.74) is 4.55. The number of rotatable bonds is 3. The number of benzene rings is 2. The average molecular weight is 407 g/mol. The molecule has 0 fully saturated rings. The van der Waals surface area contributed by atoms with Crippen molar-refractivity contribution in [2.75, 3.05) is 0 Å². The predicted molar refractivity (Wildman–Crippen MR) is 120 cm³/mol. The molecule has 0 amide bonds. The van der Waals surface area contributed by atoms with Gasteiger partial charge in [-0.15, -0.1) is 0 Å². The Balaban J connectivity index is 1.86. The highest BCUT2D eigenvalue weighted by Crippen LogP contribution is 2.40. The van der Waals surface area contributed by atoms with Crippen molar-refractivity contribution in [3.05, 3.63) is 76.5 Å². The van der Waals surface area contributed by atoms with Crippen molar-refractivity contribution in [1.29, 1.82) is 0 Å². The standard InChI is InChI=1S/C26H27ClO2/c1-3-18-8-9-21(20-10-12-22(27)13-11-20)15-23(18)25-24(28)14-17-4-6-19(7-5-17)16(2)26(25)29/h4,6,8-13,15-17,19,29H,3,5,7,14H2,1-2H3/t16-,17-,19+/m0/s1. The number of aliphatic hydroxyl groups excluding tert-OH is 1. The molecule has 3 atom stereocenters. The molecule has 3 aliphatic rings. The minimum absolute atomic E-state index is 0.0505. The number of Topliss-reactive ketones (excluding diaryl/α,β-unsaturated/α-hetero) is 1. The van der Waals surface area contributed by atoms with Gasteiger partial charge >= 0.3 is 0 Å². The molecule has 0 radical (unpaired) electrons. The van der Waals surface area contributed by atoms with Crippen LogP contribution in [0.25, 0.3) is 16.7 Å². The van der Waals surface area contributed by atoms with Gasteiger partial charge in [0.25, 0.3) is 0 Å². The van der Waals surface area contributed by atoms with Crippen LogP contribution in [0.5, 0.6) is 0 Å². The maximum Gasteiger partial charge on any atom is 0.167 e. The number of carbonyl (C=O) groups excluding carboxylic acids is 1. The third kappa shape index (κ3) is 3.91. The molecule has 3 heteroatoms. The fourth-order valence-corrected chi connectivity index (χ4v) is 4.75. The van der Waals surface area contributed by atoms with Crippen molar-refractivity contribution in [2.45, 2.75) is 39.5 Å². The Kier molecular flexibility index (Phi) is 5.65. The highest BCUT2D eigenvalue weighted by atomic mass is 35.5. The Morgan fingerprint density at radius 3 is 2.41 bits per heavy atom. The lowest BCUT2D eigenvalue weighted by atomic mass is 9.81. The number of fused-ring (bicyclic) bond motifs is 4. The molecule has 29 heavy (non-hydrogen) atoms. The van der Waals surface area contributed by atoms with Gasteiger partial charge < -0.3 is 5.11 Å². The number of allylic oxidation sites excluding steroid dienone is 4. The van der Waals surface area contributed by atoms with Crippen molar-refractivity contribution in [1.82, 2.24) is 0 Å². The van der Waals surface area contributed by atoms with Crippen molar-refractivity contribution < 1.29 is 9.90 Å². The van der Waals surface area contributed by atoms with Gasteiger partial charge in [0.15, 0.2) is 5.78 Å². The normalized spacial score (nSPS) is 24.4. The van der Waals surface area contributed by atoms with E-state index in [2.05, 4.69) is 37.3 Å². The Labute approximate surface area is 177 Å². The quantitative estimate of drug-likeness (QED) is 0.555. The molecule has 0 aromatic heterocycles. The third-order valence-electron chi connectivity index (χ3n) is 6.50. The van der Waals surface area contributed by atoms with E-state index in [1.54, 1.807) is 0 Å². The summed E-state index contributed by atoms with van der Waals surface area (Å²) in [6, 6.07) is 13.9. The lowest BCUT2D eigenvalue weighted by Crippen LogP contribution is -2.16. The van der Waals surface area contributed by atoms with Gasteiger partial charge in [0, 0.05) is 17.4 Å². The van der Waals surface area contributed by atoms with E-state index in [1.165, 1.54) is 0 Å². The molecule has 2 nitrogen and oxygen atoms in total. The first-order valence-electron chi connectivity index (χ1n) is 10.5. The zero-order valence-electron chi connectivity index (χ0n) is 17.0. The number of aliphatic hydroxyl groups is 1. The van der Waals surface area contributed by atoms with E-state index in [9.17, 15) is 9.90 Å². The first-order chi connectivity index (χ1) is 14.0. The summed E-state index contributed by atoms with van der Waals surface area (Å²) < 4.78 is 0. The molecule has 5 rings (SSSR count). The van der Waals surface area contributed by atoms with Gasteiger partial charge in [-0.05, 0) is 71.6 Å². The zero-order valence-corrected chi connectivity index (χ0v) is 17.7. The molecular formula is C26H27ClO2. The van der Waals surface area contributed by atoms with Crippen LogP contribution in [0.4, 0.5) is 0 Å². The van der Waals surface area contributed by atoms with E-state index in [0.717, 1.165) is 41.5 Å². The van der Waals surface area contributed by atoms with Crippen molar-refractivity contribution >= 4 is 23.0 Å². The Morgan fingerprint density at radius 2 is 1.76 bits per heavy atom. The van der Waals surface area contributed by atoms with Gasteiger partial charge in [0.1, 0.15) is 5.76 Å².